The van der Waals surface area contributed by atoms with Gasteiger partial charge in [0.1, 0.15) is 5.82 Å². The second-order valence-corrected chi connectivity index (χ2v) is 6.84. The van der Waals surface area contributed by atoms with Crippen LogP contribution in [0.1, 0.15) is 45.2 Å². The molecule has 22 heavy (non-hydrogen) atoms. The summed E-state index contributed by atoms with van der Waals surface area (Å²) in [5, 5.41) is 22.7. The van der Waals surface area contributed by atoms with Crippen LogP contribution in [0.5, 0.6) is 0 Å². The molecular weight excluding hydrogens is 283 g/mol. The molecule has 1 aromatic carbocycles. The van der Waals surface area contributed by atoms with Gasteiger partial charge in [-0.2, -0.15) is 0 Å². The van der Waals surface area contributed by atoms with Crippen molar-refractivity contribution in [3.63, 3.8) is 0 Å². The molecule has 1 unspecified atom stereocenters. The molecule has 1 aliphatic heterocycles. The number of benzene rings is 1. The number of piperidine rings is 1. The van der Waals surface area contributed by atoms with E-state index in [1.165, 1.54) is 6.07 Å². The van der Waals surface area contributed by atoms with E-state index in [9.17, 15) is 14.6 Å². The Bertz CT molecular complexity index is 494. The van der Waals surface area contributed by atoms with Crippen LogP contribution < -0.4 is 10.2 Å². The molecule has 1 atom stereocenters. The highest BCUT2D eigenvalue weighted by molar-refractivity contribution is 5.55. The first-order chi connectivity index (χ1) is 10.3. The van der Waals surface area contributed by atoms with Gasteiger partial charge in [-0.25, -0.2) is 4.39 Å². The molecule has 5 heteroatoms. The zero-order chi connectivity index (χ0) is 16.3. The van der Waals surface area contributed by atoms with Crippen LogP contribution in [0.2, 0.25) is 0 Å². The predicted octanol–water partition coefficient (Wildman–Crippen LogP) is 2.21. The Morgan fingerprint density at radius 3 is 2.59 bits per heavy atom. The first-order valence-corrected chi connectivity index (χ1v) is 7.94. The van der Waals surface area contributed by atoms with E-state index in [-0.39, 0.29) is 18.0 Å². The van der Waals surface area contributed by atoms with Gasteiger partial charge in [0.05, 0.1) is 11.7 Å². The maximum atomic E-state index is 13.7. The van der Waals surface area contributed by atoms with Gasteiger partial charge in [0.2, 0.25) is 0 Å². The molecule has 1 heterocycles. The van der Waals surface area contributed by atoms with Gasteiger partial charge in [-0.05, 0) is 57.4 Å². The second-order valence-electron chi connectivity index (χ2n) is 6.84. The quantitative estimate of drug-likeness (QED) is 0.780. The highest BCUT2D eigenvalue weighted by atomic mass is 19.1. The topological polar surface area (TPSA) is 55.7 Å². The molecule has 1 aromatic rings. The molecule has 3 N–H and O–H groups in total. The Balaban J connectivity index is 2.16. The summed E-state index contributed by atoms with van der Waals surface area (Å²) in [4.78, 5) is 2.20. The Kier molecular flexibility index (Phi) is 5.42. The van der Waals surface area contributed by atoms with Crippen LogP contribution in [0.4, 0.5) is 10.1 Å². The van der Waals surface area contributed by atoms with Gasteiger partial charge in [-0.1, -0.05) is 0 Å². The maximum absolute atomic E-state index is 13.7. The monoisotopic (exact) mass is 310 g/mol. The Morgan fingerprint density at radius 1 is 1.36 bits per heavy atom. The number of rotatable bonds is 5. The van der Waals surface area contributed by atoms with Crippen molar-refractivity contribution in [2.24, 2.45) is 0 Å². The lowest BCUT2D eigenvalue weighted by Crippen LogP contribution is -2.38. The van der Waals surface area contributed by atoms with Crippen molar-refractivity contribution >= 4 is 5.69 Å². The lowest BCUT2D eigenvalue weighted by Gasteiger charge is -2.34. The summed E-state index contributed by atoms with van der Waals surface area (Å²) in [5.74, 6) is -0.257. The molecular formula is C17H27FN2O2. The van der Waals surface area contributed by atoms with Crippen molar-refractivity contribution in [2.45, 2.75) is 51.4 Å². The molecule has 0 bridgehead atoms. The second kappa shape index (κ2) is 6.94. The summed E-state index contributed by atoms with van der Waals surface area (Å²) < 4.78 is 13.7. The van der Waals surface area contributed by atoms with Crippen LogP contribution in [0, 0.1) is 5.82 Å². The lowest BCUT2D eigenvalue weighted by molar-refractivity contribution is 0.0770. The number of nitrogens with zero attached hydrogens (tertiary/aromatic N) is 1. The zero-order valence-electron chi connectivity index (χ0n) is 13.6. The minimum absolute atomic E-state index is 0.0658. The van der Waals surface area contributed by atoms with E-state index in [4.69, 9.17) is 0 Å². The highest BCUT2D eigenvalue weighted by Gasteiger charge is 2.22. The van der Waals surface area contributed by atoms with E-state index in [0.717, 1.165) is 37.2 Å². The van der Waals surface area contributed by atoms with E-state index in [0.29, 0.717) is 6.54 Å². The van der Waals surface area contributed by atoms with Crippen molar-refractivity contribution in [1.29, 1.82) is 0 Å². The largest absolute Gasteiger partial charge is 0.393 e. The first-order valence-electron chi connectivity index (χ1n) is 7.94. The highest BCUT2D eigenvalue weighted by Crippen LogP contribution is 2.29. The third-order valence-corrected chi connectivity index (χ3v) is 4.10. The Labute approximate surface area is 132 Å². The van der Waals surface area contributed by atoms with Crippen LogP contribution in [-0.4, -0.2) is 41.6 Å². The fourth-order valence-corrected chi connectivity index (χ4v) is 2.78. The van der Waals surface area contributed by atoms with Crippen LogP contribution in [0.25, 0.3) is 0 Å². The number of aliphatic hydroxyl groups is 2. The summed E-state index contributed by atoms with van der Waals surface area (Å²) in [6.07, 6.45) is 1.25. The van der Waals surface area contributed by atoms with Crippen molar-refractivity contribution < 1.29 is 14.6 Å². The van der Waals surface area contributed by atoms with E-state index < -0.39 is 5.60 Å². The van der Waals surface area contributed by atoms with Gasteiger partial charge < -0.3 is 20.4 Å². The molecule has 2 rings (SSSR count). The predicted molar refractivity (Wildman–Crippen MR) is 86.6 cm³/mol. The molecule has 0 saturated carbocycles. The fraction of sp³-hybridized carbons (Fsp3) is 0.647. The first kappa shape index (κ1) is 17.2. The van der Waals surface area contributed by atoms with Crippen molar-refractivity contribution in [2.75, 3.05) is 24.5 Å². The van der Waals surface area contributed by atoms with E-state index in [1.807, 2.05) is 13.0 Å². The number of nitrogens with one attached hydrogen (secondary N) is 1. The summed E-state index contributed by atoms with van der Waals surface area (Å²) in [6, 6.07) is 4.78. The van der Waals surface area contributed by atoms with Gasteiger partial charge in [0, 0.05) is 31.4 Å². The Morgan fingerprint density at radius 2 is 2.00 bits per heavy atom. The summed E-state index contributed by atoms with van der Waals surface area (Å²) in [6.45, 7) is 7.44. The molecule has 0 amide bonds. The number of hydrogen-bond donors (Lipinski definition) is 3. The van der Waals surface area contributed by atoms with Gasteiger partial charge >= 0.3 is 0 Å². The van der Waals surface area contributed by atoms with Crippen LogP contribution >= 0.6 is 0 Å². The molecule has 1 saturated heterocycles. The van der Waals surface area contributed by atoms with Crippen molar-refractivity contribution in [3.8, 4) is 0 Å². The van der Waals surface area contributed by atoms with E-state index >= 15 is 0 Å². The Hall–Kier alpha value is -1.17. The van der Waals surface area contributed by atoms with Crippen molar-refractivity contribution in [3.05, 3.63) is 29.6 Å². The number of halogens is 1. The molecule has 1 aliphatic rings. The van der Waals surface area contributed by atoms with Crippen LogP contribution in [0.15, 0.2) is 18.2 Å². The van der Waals surface area contributed by atoms with Crippen LogP contribution in [-0.2, 0) is 0 Å². The molecule has 124 valence electrons. The third-order valence-electron chi connectivity index (χ3n) is 4.10. The minimum atomic E-state index is -0.809. The van der Waals surface area contributed by atoms with Gasteiger partial charge in [-0.15, -0.1) is 0 Å². The fourth-order valence-electron chi connectivity index (χ4n) is 2.78. The SMILES string of the molecule is CC(NCC(C)(C)O)c1cc(F)ccc1N1CCC(O)CC1. The molecule has 0 radical (unpaired) electrons. The third kappa shape index (κ3) is 4.66. The molecule has 1 fully saturated rings. The zero-order valence-corrected chi connectivity index (χ0v) is 13.6. The maximum Gasteiger partial charge on any atom is 0.123 e. The smallest absolute Gasteiger partial charge is 0.123 e. The standard InChI is InChI=1S/C17H27FN2O2/c1-12(19-11-17(2,3)22)15-10-13(18)4-5-16(15)20-8-6-14(21)7-9-20/h4-5,10,12,14,19,21-22H,6-9,11H2,1-3H3. The number of hydrogen-bond acceptors (Lipinski definition) is 4. The summed E-state index contributed by atoms with van der Waals surface area (Å²) >= 11 is 0. The number of anilines is 1. The van der Waals surface area contributed by atoms with Gasteiger partial charge in [0.15, 0.2) is 0 Å². The van der Waals surface area contributed by atoms with Crippen LogP contribution in [0.3, 0.4) is 0 Å². The van der Waals surface area contributed by atoms with Gasteiger partial charge in [0.25, 0.3) is 0 Å². The van der Waals surface area contributed by atoms with E-state index in [2.05, 4.69) is 10.2 Å². The lowest BCUT2D eigenvalue weighted by atomic mass is 10.0. The average Bonchev–Trinajstić information content (AvgIpc) is 2.45. The molecule has 0 spiro atoms. The van der Waals surface area contributed by atoms with Gasteiger partial charge in [-0.3, -0.25) is 0 Å². The van der Waals surface area contributed by atoms with Crippen molar-refractivity contribution in [1.82, 2.24) is 5.32 Å². The molecule has 0 aliphatic carbocycles. The molecule has 4 nitrogen and oxygen atoms in total. The van der Waals surface area contributed by atoms with E-state index in [1.54, 1.807) is 19.9 Å². The normalized spacial score (nSPS) is 18.5. The summed E-state index contributed by atoms with van der Waals surface area (Å²) in [7, 11) is 0. The summed E-state index contributed by atoms with van der Waals surface area (Å²) in [5.41, 5.74) is 1.08. The number of aliphatic hydroxyl groups excluding tert-OH is 1. The minimum Gasteiger partial charge on any atom is -0.393 e. The molecule has 0 aromatic heterocycles. The average molecular weight is 310 g/mol.